The van der Waals surface area contributed by atoms with Crippen LogP contribution in [0.4, 0.5) is 0 Å². The molecule has 4 heteroatoms. The van der Waals surface area contributed by atoms with E-state index in [1.165, 1.54) is 18.4 Å². The van der Waals surface area contributed by atoms with Crippen LogP contribution < -0.4 is 5.32 Å². The molecule has 24 heavy (non-hydrogen) atoms. The highest BCUT2D eigenvalue weighted by molar-refractivity contribution is 5.94. The Morgan fingerprint density at radius 1 is 1.21 bits per heavy atom. The van der Waals surface area contributed by atoms with Crippen LogP contribution in [-0.4, -0.2) is 53.5 Å². The van der Waals surface area contributed by atoms with Crippen LogP contribution in [0.5, 0.6) is 0 Å². The molecule has 132 valence electrons. The number of hydrogen-bond acceptors (Lipinski definition) is 3. The average Bonchev–Trinajstić information content (AvgIpc) is 2.91. The fraction of sp³-hybridized carbons (Fsp3) is 0.650. The van der Waals surface area contributed by atoms with Gasteiger partial charge in [-0.1, -0.05) is 19.1 Å². The number of hydrogen-bond donors (Lipinski definition) is 1. The smallest absolute Gasteiger partial charge is 0.253 e. The summed E-state index contributed by atoms with van der Waals surface area (Å²) in [4.78, 5) is 17.3. The van der Waals surface area contributed by atoms with Crippen molar-refractivity contribution in [2.24, 2.45) is 0 Å². The third-order valence-corrected chi connectivity index (χ3v) is 5.53. The molecular formula is C20H31N3O. The van der Waals surface area contributed by atoms with Crippen molar-refractivity contribution < 1.29 is 4.79 Å². The Morgan fingerprint density at radius 3 is 2.58 bits per heavy atom. The Morgan fingerprint density at radius 2 is 1.92 bits per heavy atom. The Balaban J connectivity index is 1.63. The molecular weight excluding hydrogens is 298 g/mol. The minimum absolute atomic E-state index is 0.187. The van der Waals surface area contributed by atoms with Crippen molar-refractivity contribution in [2.75, 3.05) is 19.6 Å². The summed E-state index contributed by atoms with van der Waals surface area (Å²) in [6.45, 7) is 10.4. The topological polar surface area (TPSA) is 35.6 Å². The summed E-state index contributed by atoms with van der Waals surface area (Å²) in [5, 5.41) is 3.64. The zero-order valence-corrected chi connectivity index (χ0v) is 15.3. The number of rotatable bonds is 5. The van der Waals surface area contributed by atoms with Gasteiger partial charge in [0.15, 0.2) is 0 Å². The van der Waals surface area contributed by atoms with E-state index in [-0.39, 0.29) is 5.91 Å². The summed E-state index contributed by atoms with van der Waals surface area (Å²) >= 11 is 0. The summed E-state index contributed by atoms with van der Waals surface area (Å²) in [7, 11) is 0. The number of amides is 1. The van der Waals surface area contributed by atoms with Crippen LogP contribution in [0.15, 0.2) is 24.3 Å². The minimum atomic E-state index is 0.187. The molecule has 2 unspecified atom stereocenters. The SMILES string of the molecule is CCN(Cc1ccc(C(=O)N2CCC3CCC(C2)N3)cc1)C(C)C. The Labute approximate surface area is 146 Å². The predicted octanol–water partition coefficient (Wildman–Crippen LogP) is 2.88. The molecule has 4 nitrogen and oxygen atoms in total. The molecule has 0 aliphatic carbocycles. The maximum absolute atomic E-state index is 12.8. The molecule has 2 aliphatic heterocycles. The third kappa shape index (κ3) is 3.98. The number of benzene rings is 1. The van der Waals surface area contributed by atoms with Gasteiger partial charge in [0.25, 0.3) is 5.91 Å². The molecule has 1 aromatic carbocycles. The Bertz CT molecular complexity index is 555. The molecule has 0 spiro atoms. The first-order chi connectivity index (χ1) is 11.6. The van der Waals surface area contributed by atoms with Gasteiger partial charge in [0, 0.05) is 43.3 Å². The van der Waals surface area contributed by atoms with Crippen molar-refractivity contribution in [1.29, 1.82) is 0 Å². The van der Waals surface area contributed by atoms with E-state index in [1.54, 1.807) is 0 Å². The molecule has 0 aromatic heterocycles. The fourth-order valence-electron chi connectivity index (χ4n) is 3.96. The van der Waals surface area contributed by atoms with Gasteiger partial charge in [-0.15, -0.1) is 0 Å². The van der Waals surface area contributed by atoms with Gasteiger partial charge in [0.1, 0.15) is 0 Å². The molecule has 2 atom stereocenters. The maximum atomic E-state index is 12.8. The van der Waals surface area contributed by atoms with Crippen LogP contribution in [0.2, 0.25) is 0 Å². The lowest BCUT2D eigenvalue weighted by molar-refractivity contribution is 0.0748. The predicted molar refractivity (Wildman–Crippen MR) is 98.1 cm³/mol. The van der Waals surface area contributed by atoms with Crippen LogP contribution in [0, 0.1) is 0 Å². The third-order valence-electron chi connectivity index (χ3n) is 5.53. The fourth-order valence-corrected chi connectivity index (χ4v) is 3.96. The maximum Gasteiger partial charge on any atom is 0.253 e. The van der Waals surface area contributed by atoms with Crippen molar-refractivity contribution in [1.82, 2.24) is 15.1 Å². The number of likely N-dealkylation sites (tertiary alicyclic amines) is 1. The molecule has 0 saturated carbocycles. The van der Waals surface area contributed by atoms with Gasteiger partial charge in [-0.2, -0.15) is 0 Å². The summed E-state index contributed by atoms with van der Waals surface area (Å²) in [6.07, 6.45) is 3.56. The number of fused-ring (bicyclic) bond motifs is 2. The molecule has 1 aromatic rings. The van der Waals surface area contributed by atoms with E-state index < -0.39 is 0 Å². The number of carbonyl (C=O) groups excluding carboxylic acids is 1. The molecule has 1 N–H and O–H groups in total. The lowest BCUT2D eigenvalue weighted by Crippen LogP contribution is -2.39. The van der Waals surface area contributed by atoms with Gasteiger partial charge < -0.3 is 10.2 Å². The van der Waals surface area contributed by atoms with Crippen molar-refractivity contribution in [2.45, 2.75) is 64.7 Å². The monoisotopic (exact) mass is 329 g/mol. The van der Waals surface area contributed by atoms with Crippen LogP contribution in [0.3, 0.4) is 0 Å². The number of nitrogens with zero attached hydrogens (tertiary/aromatic N) is 2. The second-order valence-corrected chi connectivity index (χ2v) is 7.53. The number of carbonyl (C=O) groups is 1. The molecule has 2 saturated heterocycles. The molecule has 2 heterocycles. The van der Waals surface area contributed by atoms with Gasteiger partial charge in [-0.3, -0.25) is 9.69 Å². The average molecular weight is 329 g/mol. The molecule has 3 rings (SSSR count). The molecule has 2 fully saturated rings. The van der Waals surface area contributed by atoms with E-state index in [1.807, 2.05) is 17.0 Å². The Kier molecular flexibility index (Phi) is 5.57. The summed E-state index contributed by atoms with van der Waals surface area (Å²) in [5.74, 6) is 0.187. The standard InChI is InChI=1S/C20H31N3O/c1-4-22(15(2)3)13-16-5-7-17(8-6-16)20(24)23-12-11-18-9-10-19(14-23)21-18/h5-8,15,18-19,21H,4,9-14H2,1-3H3. The van der Waals surface area contributed by atoms with Crippen LogP contribution in [-0.2, 0) is 6.54 Å². The molecule has 2 aliphatic rings. The molecule has 0 radical (unpaired) electrons. The molecule has 2 bridgehead atoms. The Hall–Kier alpha value is -1.39. The minimum Gasteiger partial charge on any atom is -0.337 e. The van der Waals surface area contributed by atoms with E-state index in [0.717, 1.165) is 38.2 Å². The van der Waals surface area contributed by atoms with Crippen molar-refractivity contribution in [3.63, 3.8) is 0 Å². The zero-order chi connectivity index (χ0) is 17.1. The second kappa shape index (κ2) is 7.66. The quantitative estimate of drug-likeness (QED) is 0.902. The highest BCUT2D eigenvalue weighted by Crippen LogP contribution is 2.22. The highest BCUT2D eigenvalue weighted by atomic mass is 16.2. The van der Waals surface area contributed by atoms with Crippen molar-refractivity contribution in [3.05, 3.63) is 35.4 Å². The first-order valence-corrected chi connectivity index (χ1v) is 9.45. The van der Waals surface area contributed by atoms with E-state index in [9.17, 15) is 4.79 Å². The van der Waals surface area contributed by atoms with Crippen molar-refractivity contribution >= 4 is 5.91 Å². The van der Waals surface area contributed by atoms with E-state index in [4.69, 9.17) is 0 Å². The van der Waals surface area contributed by atoms with E-state index in [0.29, 0.717) is 18.1 Å². The van der Waals surface area contributed by atoms with Crippen LogP contribution in [0.1, 0.15) is 56.0 Å². The second-order valence-electron chi connectivity index (χ2n) is 7.53. The number of nitrogens with one attached hydrogen (secondary N) is 1. The van der Waals surface area contributed by atoms with Crippen molar-refractivity contribution in [3.8, 4) is 0 Å². The van der Waals surface area contributed by atoms with Gasteiger partial charge in [0.2, 0.25) is 0 Å². The summed E-state index contributed by atoms with van der Waals surface area (Å²) in [5.41, 5.74) is 2.10. The lowest BCUT2D eigenvalue weighted by atomic mass is 10.1. The zero-order valence-electron chi connectivity index (χ0n) is 15.3. The largest absolute Gasteiger partial charge is 0.337 e. The normalized spacial score (nSPS) is 23.8. The summed E-state index contributed by atoms with van der Waals surface area (Å²) < 4.78 is 0. The van der Waals surface area contributed by atoms with Gasteiger partial charge in [0.05, 0.1) is 0 Å². The summed E-state index contributed by atoms with van der Waals surface area (Å²) in [6, 6.07) is 9.87. The molecule has 1 amide bonds. The van der Waals surface area contributed by atoms with Gasteiger partial charge in [-0.05, 0) is 57.4 Å². The first-order valence-electron chi connectivity index (χ1n) is 9.45. The highest BCUT2D eigenvalue weighted by Gasteiger charge is 2.31. The van der Waals surface area contributed by atoms with Gasteiger partial charge in [-0.25, -0.2) is 0 Å². The van der Waals surface area contributed by atoms with E-state index in [2.05, 4.69) is 43.1 Å². The van der Waals surface area contributed by atoms with Crippen LogP contribution in [0.25, 0.3) is 0 Å². The van der Waals surface area contributed by atoms with Crippen LogP contribution >= 0.6 is 0 Å². The van der Waals surface area contributed by atoms with E-state index >= 15 is 0 Å². The lowest BCUT2D eigenvalue weighted by Gasteiger charge is -2.25. The first kappa shape index (κ1) is 17.4. The van der Waals surface area contributed by atoms with Gasteiger partial charge >= 0.3 is 0 Å².